The highest BCUT2D eigenvalue weighted by molar-refractivity contribution is 9.11. The zero-order valence-electron chi connectivity index (χ0n) is 9.83. The van der Waals surface area contributed by atoms with E-state index in [1.807, 2.05) is 0 Å². The van der Waals surface area contributed by atoms with Gasteiger partial charge in [-0.15, -0.1) is 0 Å². The lowest BCUT2D eigenvalue weighted by molar-refractivity contribution is 0.346. The molecule has 1 aromatic carbocycles. The summed E-state index contributed by atoms with van der Waals surface area (Å²) in [5, 5.41) is 0. The molecule has 0 N–H and O–H groups in total. The lowest BCUT2D eigenvalue weighted by atomic mass is 9.73. The van der Waals surface area contributed by atoms with Crippen LogP contribution in [-0.2, 0) is 5.41 Å². The van der Waals surface area contributed by atoms with Crippen molar-refractivity contribution in [3.05, 3.63) is 46.0 Å². The van der Waals surface area contributed by atoms with E-state index in [9.17, 15) is 0 Å². The molecule has 2 aliphatic rings. The van der Waals surface area contributed by atoms with Gasteiger partial charge in [0, 0.05) is 0 Å². The molecular formula is C15H17Br. The molecule has 2 unspecified atom stereocenters. The molecule has 0 heterocycles. The predicted octanol–water partition coefficient (Wildman–Crippen LogP) is 4.75. The minimum Gasteiger partial charge on any atom is -0.0698 e. The SMILES string of the molecule is CC1(C)c2ccccc2C2CCC(Br)=CC21. The Hall–Kier alpha value is -0.560. The van der Waals surface area contributed by atoms with Crippen molar-refractivity contribution in [3.8, 4) is 0 Å². The molecular weight excluding hydrogens is 260 g/mol. The van der Waals surface area contributed by atoms with Gasteiger partial charge < -0.3 is 0 Å². The molecule has 0 aliphatic heterocycles. The number of allylic oxidation sites excluding steroid dienone is 2. The monoisotopic (exact) mass is 276 g/mol. The number of hydrogen-bond acceptors (Lipinski definition) is 0. The van der Waals surface area contributed by atoms with Crippen LogP contribution in [0.4, 0.5) is 0 Å². The van der Waals surface area contributed by atoms with Gasteiger partial charge in [-0.3, -0.25) is 0 Å². The van der Waals surface area contributed by atoms with E-state index in [4.69, 9.17) is 0 Å². The van der Waals surface area contributed by atoms with Crippen molar-refractivity contribution in [2.24, 2.45) is 5.92 Å². The molecule has 3 rings (SSSR count). The summed E-state index contributed by atoms with van der Waals surface area (Å²) in [6.07, 6.45) is 4.95. The average molecular weight is 277 g/mol. The van der Waals surface area contributed by atoms with E-state index >= 15 is 0 Å². The quantitative estimate of drug-likeness (QED) is 0.642. The van der Waals surface area contributed by atoms with Crippen LogP contribution in [0.25, 0.3) is 0 Å². The number of halogens is 1. The maximum absolute atomic E-state index is 3.68. The summed E-state index contributed by atoms with van der Waals surface area (Å²) in [6, 6.07) is 9.01. The van der Waals surface area contributed by atoms with Crippen LogP contribution in [0.3, 0.4) is 0 Å². The second-order valence-corrected chi connectivity index (χ2v) is 6.61. The molecule has 84 valence electrons. The average Bonchev–Trinajstić information content (AvgIpc) is 2.49. The number of fused-ring (bicyclic) bond motifs is 3. The lowest BCUT2D eigenvalue weighted by Gasteiger charge is -2.32. The summed E-state index contributed by atoms with van der Waals surface area (Å²) >= 11 is 3.68. The van der Waals surface area contributed by atoms with Crippen LogP contribution in [0.15, 0.2) is 34.8 Å². The molecule has 0 saturated carbocycles. The molecule has 1 aromatic rings. The molecule has 2 aliphatic carbocycles. The molecule has 16 heavy (non-hydrogen) atoms. The number of benzene rings is 1. The van der Waals surface area contributed by atoms with E-state index in [1.165, 1.54) is 17.3 Å². The van der Waals surface area contributed by atoms with Gasteiger partial charge in [-0.2, -0.15) is 0 Å². The van der Waals surface area contributed by atoms with Gasteiger partial charge in [-0.05, 0) is 45.7 Å². The van der Waals surface area contributed by atoms with Crippen molar-refractivity contribution >= 4 is 15.9 Å². The summed E-state index contributed by atoms with van der Waals surface area (Å²) in [7, 11) is 0. The first-order valence-electron chi connectivity index (χ1n) is 6.06. The third-order valence-corrected chi connectivity index (χ3v) is 5.04. The van der Waals surface area contributed by atoms with E-state index in [2.05, 4.69) is 60.1 Å². The highest BCUT2D eigenvalue weighted by atomic mass is 79.9. The van der Waals surface area contributed by atoms with E-state index in [1.54, 1.807) is 11.1 Å². The Morgan fingerprint density at radius 3 is 2.81 bits per heavy atom. The highest BCUT2D eigenvalue weighted by Crippen LogP contribution is 2.55. The van der Waals surface area contributed by atoms with Crippen LogP contribution in [0.2, 0.25) is 0 Å². The Morgan fingerprint density at radius 1 is 1.25 bits per heavy atom. The largest absolute Gasteiger partial charge is 0.0698 e. The van der Waals surface area contributed by atoms with Gasteiger partial charge in [-0.25, -0.2) is 0 Å². The fourth-order valence-electron chi connectivity index (χ4n) is 3.51. The summed E-state index contributed by atoms with van der Waals surface area (Å²) in [5.74, 6) is 1.42. The zero-order valence-corrected chi connectivity index (χ0v) is 11.4. The number of rotatable bonds is 0. The minimum absolute atomic E-state index is 0.292. The summed E-state index contributed by atoms with van der Waals surface area (Å²) in [4.78, 5) is 0. The highest BCUT2D eigenvalue weighted by Gasteiger charge is 2.45. The second kappa shape index (κ2) is 3.46. The second-order valence-electron chi connectivity index (χ2n) is 5.59. The molecule has 0 nitrogen and oxygen atoms in total. The standard InChI is InChI=1S/C15H17Br/c1-15(2)13-6-4-3-5-11(13)12-8-7-10(16)9-14(12)15/h3-6,9,12,14H,7-8H2,1-2H3. The van der Waals surface area contributed by atoms with Gasteiger partial charge in [0.25, 0.3) is 0 Å². The summed E-state index contributed by atoms with van der Waals surface area (Å²) < 4.78 is 1.40. The van der Waals surface area contributed by atoms with E-state index in [0.29, 0.717) is 11.3 Å². The van der Waals surface area contributed by atoms with Crippen LogP contribution < -0.4 is 0 Å². The normalized spacial score (nSPS) is 30.6. The molecule has 0 aromatic heterocycles. The predicted molar refractivity (Wildman–Crippen MR) is 71.9 cm³/mol. The van der Waals surface area contributed by atoms with E-state index in [0.717, 1.165) is 5.92 Å². The first kappa shape index (κ1) is 10.6. The fraction of sp³-hybridized carbons (Fsp3) is 0.467. The molecule has 0 saturated heterocycles. The fourth-order valence-corrected chi connectivity index (χ4v) is 4.03. The Bertz CT molecular complexity index is 456. The van der Waals surface area contributed by atoms with Gasteiger partial charge >= 0.3 is 0 Å². The molecule has 1 heteroatoms. The number of hydrogen-bond donors (Lipinski definition) is 0. The van der Waals surface area contributed by atoms with Crippen LogP contribution >= 0.6 is 15.9 Å². The smallest absolute Gasteiger partial charge is 0.00317 e. The van der Waals surface area contributed by atoms with Gasteiger partial charge in [-0.1, -0.05) is 60.1 Å². The van der Waals surface area contributed by atoms with Crippen molar-refractivity contribution in [3.63, 3.8) is 0 Å². The van der Waals surface area contributed by atoms with Crippen molar-refractivity contribution in [2.45, 2.75) is 38.0 Å². The summed E-state index contributed by atoms with van der Waals surface area (Å²) in [6.45, 7) is 4.78. The van der Waals surface area contributed by atoms with Crippen molar-refractivity contribution in [1.29, 1.82) is 0 Å². The van der Waals surface area contributed by atoms with Crippen LogP contribution in [0.1, 0.15) is 43.7 Å². The topological polar surface area (TPSA) is 0 Å². The lowest BCUT2D eigenvalue weighted by Crippen LogP contribution is -2.26. The van der Waals surface area contributed by atoms with Gasteiger partial charge in [0.05, 0.1) is 0 Å². The molecule has 2 atom stereocenters. The van der Waals surface area contributed by atoms with Crippen LogP contribution in [-0.4, -0.2) is 0 Å². The molecule has 0 fully saturated rings. The third-order valence-electron chi connectivity index (χ3n) is 4.38. The first-order valence-corrected chi connectivity index (χ1v) is 6.85. The molecule has 0 spiro atoms. The minimum atomic E-state index is 0.292. The molecule has 0 radical (unpaired) electrons. The van der Waals surface area contributed by atoms with Gasteiger partial charge in [0.1, 0.15) is 0 Å². The van der Waals surface area contributed by atoms with Crippen LogP contribution in [0, 0.1) is 5.92 Å². The summed E-state index contributed by atoms with van der Waals surface area (Å²) in [5.41, 5.74) is 3.44. The van der Waals surface area contributed by atoms with Crippen LogP contribution in [0.5, 0.6) is 0 Å². The first-order chi connectivity index (χ1) is 7.60. The molecule has 0 amide bonds. The Kier molecular flexibility index (Phi) is 2.29. The Morgan fingerprint density at radius 2 is 2.00 bits per heavy atom. The Labute approximate surface area is 106 Å². The van der Waals surface area contributed by atoms with Crippen molar-refractivity contribution < 1.29 is 0 Å². The van der Waals surface area contributed by atoms with Gasteiger partial charge in [0.15, 0.2) is 0 Å². The maximum Gasteiger partial charge on any atom is -0.00317 e. The van der Waals surface area contributed by atoms with E-state index in [-0.39, 0.29) is 0 Å². The molecule has 0 bridgehead atoms. The van der Waals surface area contributed by atoms with E-state index < -0.39 is 0 Å². The van der Waals surface area contributed by atoms with Crippen molar-refractivity contribution in [1.82, 2.24) is 0 Å². The van der Waals surface area contributed by atoms with Gasteiger partial charge in [0.2, 0.25) is 0 Å². The van der Waals surface area contributed by atoms with Crippen molar-refractivity contribution in [2.75, 3.05) is 0 Å². The third kappa shape index (κ3) is 1.34. The maximum atomic E-state index is 3.68. The zero-order chi connectivity index (χ0) is 11.3. The Balaban J connectivity index is 2.17.